The van der Waals surface area contributed by atoms with E-state index in [-0.39, 0.29) is 17.8 Å². The summed E-state index contributed by atoms with van der Waals surface area (Å²) in [5.41, 5.74) is 0.160. The summed E-state index contributed by atoms with van der Waals surface area (Å²) in [6, 6.07) is 6.38. The van der Waals surface area contributed by atoms with Crippen molar-refractivity contribution in [2.45, 2.75) is 70.4 Å². The molecule has 6 nitrogen and oxygen atoms in total. The molecule has 1 aromatic carbocycles. The van der Waals surface area contributed by atoms with Crippen LogP contribution in [-0.4, -0.2) is 46.6 Å². The number of thiazole rings is 1. The highest BCUT2D eigenvalue weighted by molar-refractivity contribution is 7.15. The topological polar surface area (TPSA) is 71.5 Å². The van der Waals surface area contributed by atoms with Crippen molar-refractivity contribution in [3.8, 4) is 10.4 Å². The predicted molar refractivity (Wildman–Crippen MR) is 122 cm³/mol. The molecule has 2 heterocycles. The molecule has 1 aromatic heterocycles. The molecule has 172 valence electrons. The van der Waals surface area contributed by atoms with Gasteiger partial charge in [-0.05, 0) is 58.9 Å². The highest BCUT2D eigenvalue weighted by atomic mass is 32.1. The number of carbonyl (C=O) groups excluding carboxylic acids is 2. The van der Waals surface area contributed by atoms with Crippen molar-refractivity contribution in [3.63, 3.8) is 0 Å². The molecule has 0 spiro atoms. The molecule has 1 saturated carbocycles. The highest BCUT2D eigenvalue weighted by Gasteiger charge is 2.35. The molecule has 0 bridgehead atoms. The molecular weight excluding hydrogens is 429 g/mol. The quantitative estimate of drug-likeness (QED) is 0.655. The van der Waals surface area contributed by atoms with E-state index in [0.717, 1.165) is 37.1 Å². The van der Waals surface area contributed by atoms with E-state index in [1.165, 1.54) is 17.4 Å². The fourth-order valence-corrected chi connectivity index (χ4v) is 5.20. The van der Waals surface area contributed by atoms with Gasteiger partial charge in [-0.15, -0.1) is 11.3 Å². The van der Waals surface area contributed by atoms with Crippen molar-refractivity contribution >= 4 is 23.3 Å². The Morgan fingerprint density at radius 2 is 1.97 bits per heavy atom. The number of aromatic nitrogens is 1. The molecule has 2 aliphatic rings. The number of hydrogen-bond donors (Lipinski definition) is 1. The van der Waals surface area contributed by atoms with E-state index in [1.54, 1.807) is 23.1 Å². The smallest absolute Gasteiger partial charge is 0.407 e. The average molecular weight is 460 g/mol. The van der Waals surface area contributed by atoms with Crippen LogP contribution in [0.1, 0.15) is 74.3 Å². The van der Waals surface area contributed by atoms with Gasteiger partial charge in [0, 0.05) is 30.6 Å². The number of benzene rings is 1. The minimum absolute atomic E-state index is 0.150. The molecule has 4 rings (SSSR count). The molecule has 1 N–H and O–H groups in total. The van der Waals surface area contributed by atoms with Crippen LogP contribution in [0.25, 0.3) is 10.4 Å². The van der Waals surface area contributed by atoms with Gasteiger partial charge in [-0.3, -0.25) is 4.79 Å². The Labute approximate surface area is 192 Å². The number of alkyl carbamates (subject to hydrolysis) is 1. The van der Waals surface area contributed by atoms with Crippen molar-refractivity contribution in [1.82, 2.24) is 15.2 Å². The number of amides is 2. The Morgan fingerprint density at radius 1 is 1.22 bits per heavy atom. The molecule has 1 aliphatic heterocycles. The number of nitrogens with zero attached hydrogens (tertiary/aromatic N) is 2. The van der Waals surface area contributed by atoms with Crippen LogP contribution in [0.4, 0.5) is 9.18 Å². The summed E-state index contributed by atoms with van der Waals surface area (Å²) >= 11 is 1.43. The lowest BCUT2D eigenvalue weighted by Crippen LogP contribution is -2.50. The summed E-state index contributed by atoms with van der Waals surface area (Å²) in [5.74, 6) is -0.172. The number of piperidine rings is 1. The summed E-state index contributed by atoms with van der Waals surface area (Å²) in [4.78, 5) is 32.8. The van der Waals surface area contributed by atoms with Gasteiger partial charge >= 0.3 is 6.09 Å². The summed E-state index contributed by atoms with van der Waals surface area (Å²) < 4.78 is 19.9. The van der Waals surface area contributed by atoms with Gasteiger partial charge in [-0.25, -0.2) is 14.2 Å². The molecule has 2 fully saturated rings. The van der Waals surface area contributed by atoms with Crippen molar-refractivity contribution < 1.29 is 18.7 Å². The van der Waals surface area contributed by atoms with E-state index < -0.39 is 11.7 Å². The molecule has 1 unspecified atom stereocenters. The van der Waals surface area contributed by atoms with E-state index >= 15 is 0 Å². The van der Waals surface area contributed by atoms with E-state index in [1.807, 2.05) is 20.8 Å². The Kier molecular flexibility index (Phi) is 6.51. The summed E-state index contributed by atoms with van der Waals surface area (Å²) in [5, 5.41) is 3.71. The molecule has 32 heavy (non-hydrogen) atoms. The van der Waals surface area contributed by atoms with Crippen molar-refractivity contribution in [2.24, 2.45) is 0 Å². The number of nitrogens with one attached hydrogen (secondary N) is 1. The van der Waals surface area contributed by atoms with Gasteiger partial charge in [-0.1, -0.05) is 18.2 Å². The molecule has 1 saturated heterocycles. The first-order chi connectivity index (χ1) is 15.2. The van der Waals surface area contributed by atoms with E-state index in [2.05, 4.69) is 5.32 Å². The second-order valence-corrected chi connectivity index (χ2v) is 10.5. The van der Waals surface area contributed by atoms with Crippen LogP contribution in [0.2, 0.25) is 0 Å². The SMILES string of the molecule is CC(C)(C)OC(=O)NCC1CCCCN1C(=O)c1nc(C2CC2)sc1-c1ccccc1F. The van der Waals surface area contributed by atoms with Crippen molar-refractivity contribution in [3.05, 3.63) is 40.8 Å². The van der Waals surface area contributed by atoms with Crippen LogP contribution in [0.15, 0.2) is 24.3 Å². The second kappa shape index (κ2) is 9.17. The third-order valence-electron chi connectivity index (χ3n) is 5.66. The molecule has 8 heteroatoms. The highest BCUT2D eigenvalue weighted by Crippen LogP contribution is 2.45. The second-order valence-electron chi connectivity index (χ2n) is 9.51. The number of hydrogen-bond acceptors (Lipinski definition) is 5. The lowest BCUT2D eigenvalue weighted by atomic mass is 10.0. The maximum atomic E-state index is 14.6. The zero-order valence-corrected chi connectivity index (χ0v) is 19.6. The van der Waals surface area contributed by atoms with Crippen LogP contribution >= 0.6 is 11.3 Å². The monoisotopic (exact) mass is 459 g/mol. The van der Waals surface area contributed by atoms with Gasteiger partial charge in [0.15, 0.2) is 0 Å². The third-order valence-corrected chi connectivity index (χ3v) is 6.91. The van der Waals surface area contributed by atoms with Crippen LogP contribution < -0.4 is 5.32 Å². The summed E-state index contributed by atoms with van der Waals surface area (Å²) in [7, 11) is 0. The number of halogens is 1. The number of ether oxygens (including phenoxy) is 1. The zero-order chi connectivity index (χ0) is 22.9. The van der Waals surface area contributed by atoms with Crippen molar-refractivity contribution in [2.75, 3.05) is 13.1 Å². The lowest BCUT2D eigenvalue weighted by molar-refractivity contribution is 0.0461. The number of rotatable bonds is 5. The molecule has 1 atom stereocenters. The molecule has 1 aliphatic carbocycles. The van der Waals surface area contributed by atoms with Crippen LogP contribution in [0, 0.1) is 5.82 Å². The summed E-state index contributed by atoms with van der Waals surface area (Å²) in [6.45, 7) is 6.34. The molecule has 2 aromatic rings. The maximum Gasteiger partial charge on any atom is 0.407 e. The molecular formula is C24H30FN3O3S. The number of carbonyl (C=O) groups is 2. The standard InChI is InChI=1S/C24H30FN3O3S/c1-24(2,3)31-23(30)26-14-16-8-6-7-13-28(16)22(29)19-20(17-9-4-5-10-18(17)25)32-21(27-19)15-11-12-15/h4-5,9-10,15-16H,6-8,11-14H2,1-3H3,(H,26,30). The molecule has 0 radical (unpaired) electrons. The van der Waals surface area contributed by atoms with Gasteiger partial charge in [0.05, 0.1) is 9.88 Å². The zero-order valence-electron chi connectivity index (χ0n) is 18.8. The van der Waals surface area contributed by atoms with Gasteiger partial charge < -0.3 is 15.0 Å². The summed E-state index contributed by atoms with van der Waals surface area (Å²) in [6.07, 6.45) is 4.29. The number of likely N-dealkylation sites (tertiary alicyclic amines) is 1. The fourth-order valence-electron chi connectivity index (χ4n) is 3.95. The Hall–Kier alpha value is -2.48. The maximum absolute atomic E-state index is 14.6. The van der Waals surface area contributed by atoms with Gasteiger partial charge in [0.25, 0.3) is 5.91 Å². The van der Waals surface area contributed by atoms with Crippen LogP contribution in [-0.2, 0) is 4.74 Å². The van der Waals surface area contributed by atoms with Crippen LogP contribution in [0.5, 0.6) is 0 Å². The average Bonchev–Trinajstić information content (AvgIpc) is 3.50. The van der Waals surface area contributed by atoms with Crippen LogP contribution in [0.3, 0.4) is 0 Å². The molecule has 2 amide bonds. The lowest BCUT2D eigenvalue weighted by Gasteiger charge is -2.35. The van der Waals surface area contributed by atoms with Gasteiger partial charge in [0.2, 0.25) is 0 Å². The first-order valence-electron chi connectivity index (χ1n) is 11.3. The van der Waals surface area contributed by atoms with Gasteiger partial charge in [0.1, 0.15) is 17.1 Å². The Bertz CT molecular complexity index is 997. The Balaban J connectivity index is 1.57. The van der Waals surface area contributed by atoms with Crippen molar-refractivity contribution in [1.29, 1.82) is 0 Å². The normalized spacial score (nSPS) is 19.0. The van der Waals surface area contributed by atoms with E-state index in [0.29, 0.717) is 35.1 Å². The minimum atomic E-state index is -0.583. The minimum Gasteiger partial charge on any atom is -0.444 e. The predicted octanol–water partition coefficient (Wildman–Crippen LogP) is 5.35. The first kappa shape index (κ1) is 22.7. The largest absolute Gasteiger partial charge is 0.444 e. The first-order valence-corrected chi connectivity index (χ1v) is 12.1. The third kappa shape index (κ3) is 5.28. The fraction of sp³-hybridized carbons (Fsp3) is 0.542. The van der Waals surface area contributed by atoms with E-state index in [9.17, 15) is 14.0 Å². The Morgan fingerprint density at radius 3 is 2.66 bits per heavy atom. The van der Waals surface area contributed by atoms with E-state index in [4.69, 9.17) is 9.72 Å². The van der Waals surface area contributed by atoms with Gasteiger partial charge in [-0.2, -0.15) is 0 Å².